The van der Waals surface area contributed by atoms with Crippen LogP contribution in [0.4, 0.5) is 4.39 Å². The third-order valence-corrected chi connectivity index (χ3v) is 2.90. The number of imidazole rings is 1. The maximum Gasteiger partial charge on any atom is 0.221 e. The number of aryl methyl sites for hydroxylation is 1. The summed E-state index contributed by atoms with van der Waals surface area (Å²) in [5, 5.41) is 2.55. The van der Waals surface area contributed by atoms with E-state index in [1.807, 2.05) is 0 Å². The van der Waals surface area contributed by atoms with E-state index in [2.05, 4.69) is 10.3 Å². The second-order valence-electron chi connectivity index (χ2n) is 3.67. The molecule has 1 aromatic heterocycles. The van der Waals surface area contributed by atoms with Crippen molar-refractivity contribution in [2.45, 2.75) is 13.0 Å². The van der Waals surface area contributed by atoms with Gasteiger partial charge in [0.2, 0.25) is 5.91 Å². The lowest BCUT2D eigenvalue weighted by molar-refractivity contribution is -0.120. The van der Waals surface area contributed by atoms with Crippen molar-refractivity contribution in [3.8, 4) is 0 Å². The summed E-state index contributed by atoms with van der Waals surface area (Å²) in [6, 6.07) is 4.42. The Morgan fingerprint density at radius 1 is 1.59 bits per heavy atom. The topological polar surface area (TPSA) is 49.8 Å². The molecular formula is C11H12FN3OS. The molecule has 17 heavy (non-hydrogen) atoms. The van der Waals surface area contributed by atoms with Crippen molar-refractivity contribution in [1.82, 2.24) is 14.9 Å². The van der Waals surface area contributed by atoms with E-state index >= 15 is 0 Å². The number of nitrogens with one attached hydrogen (secondary N) is 2. The highest BCUT2D eigenvalue weighted by Crippen LogP contribution is 2.15. The molecular weight excluding hydrogens is 241 g/mol. The summed E-state index contributed by atoms with van der Waals surface area (Å²) in [4.78, 5) is 14.1. The Morgan fingerprint density at radius 2 is 2.35 bits per heavy atom. The number of benzene rings is 1. The highest BCUT2D eigenvalue weighted by molar-refractivity contribution is 7.71. The SMILES string of the molecule is CNC(=O)CCn1c(=S)[nH]c2cc(F)ccc21. The number of halogens is 1. The first-order valence-electron chi connectivity index (χ1n) is 5.20. The molecule has 4 nitrogen and oxygen atoms in total. The highest BCUT2D eigenvalue weighted by Gasteiger charge is 2.06. The van der Waals surface area contributed by atoms with Gasteiger partial charge in [-0.1, -0.05) is 0 Å². The minimum Gasteiger partial charge on any atom is -0.359 e. The van der Waals surface area contributed by atoms with Crippen LogP contribution in [-0.2, 0) is 11.3 Å². The van der Waals surface area contributed by atoms with Crippen LogP contribution >= 0.6 is 12.2 Å². The molecule has 0 saturated heterocycles. The summed E-state index contributed by atoms with van der Waals surface area (Å²) >= 11 is 5.14. The van der Waals surface area contributed by atoms with Crippen LogP contribution in [-0.4, -0.2) is 22.5 Å². The van der Waals surface area contributed by atoms with Crippen LogP contribution in [0.25, 0.3) is 11.0 Å². The summed E-state index contributed by atoms with van der Waals surface area (Å²) in [5.41, 5.74) is 1.45. The lowest BCUT2D eigenvalue weighted by atomic mass is 10.3. The van der Waals surface area contributed by atoms with Crippen molar-refractivity contribution < 1.29 is 9.18 Å². The van der Waals surface area contributed by atoms with Crippen molar-refractivity contribution in [2.75, 3.05) is 7.05 Å². The van der Waals surface area contributed by atoms with E-state index in [0.717, 1.165) is 5.52 Å². The van der Waals surface area contributed by atoms with Crippen molar-refractivity contribution in [2.24, 2.45) is 0 Å². The largest absolute Gasteiger partial charge is 0.359 e. The molecule has 2 aromatic rings. The van der Waals surface area contributed by atoms with Crippen molar-refractivity contribution in [1.29, 1.82) is 0 Å². The predicted octanol–water partition coefficient (Wildman–Crippen LogP) is 1.97. The molecule has 0 aliphatic carbocycles. The fourth-order valence-electron chi connectivity index (χ4n) is 1.70. The van der Waals surface area contributed by atoms with Gasteiger partial charge in [0.25, 0.3) is 0 Å². The molecule has 0 aliphatic heterocycles. The van der Waals surface area contributed by atoms with Gasteiger partial charge >= 0.3 is 0 Å². The summed E-state index contributed by atoms with van der Waals surface area (Å²) in [5.74, 6) is -0.365. The van der Waals surface area contributed by atoms with Crippen LogP contribution in [0, 0.1) is 10.6 Å². The molecule has 2 N–H and O–H groups in total. The second kappa shape index (κ2) is 4.67. The molecule has 1 aromatic carbocycles. The Hall–Kier alpha value is -1.69. The molecule has 0 saturated carbocycles. The standard InChI is InChI=1S/C11H12FN3OS/c1-13-10(16)4-5-15-9-3-2-7(12)6-8(9)14-11(15)17/h2-3,6H,4-5H2,1H3,(H,13,16)(H,14,17). The average Bonchev–Trinajstić information content (AvgIpc) is 2.61. The van der Waals surface area contributed by atoms with Gasteiger partial charge in [-0.2, -0.15) is 0 Å². The molecule has 0 unspecified atom stereocenters. The van der Waals surface area contributed by atoms with Crippen molar-refractivity contribution in [3.63, 3.8) is 0 Å². The Kier molecular flexibility index (Phi) is 3.23. The zero-order valence-corrected chi connectivity index (χ0v) is 10.1. The van der Waals surface area contributed by atoms with Gasteiger partial charge in [-0.05, 0) is 30.4 Å². The van der Waals surface area contributed by atoms with Crippen molar-refractivity contribution >= 4 is 29.2 Å². The number of amides is 1. The molecule has 2 rings (SSSR count). The smallest absolute Gasteiger partial charge is 0.221 e. The normalized spacial score (nSPS) is 10.7. The fraction of sp³-hybridized carbons (Fsp3) is 0.273. The Labute approximate surface area is 102 Å². The maximum atomic E-state index is 13.0. The summed E-state index contributed by atoms with van der Waals surface area (Å²) < 4.78 is 15.3. The number of carbonyl (C=O) groups is 1. The Bertz CT molecular complexity index is 617. The number of carbonyl (C=O) groups excluding carboxylic acids is 1. The Morgan fingerprint density at radius 3 is 3.06 bits per heavy atom. The number of nitrogens with zero attached hydrogens (tertiary/aromatic N) is 1. The quantitative estimate of drug-likeness (QED) is 0.822. The fourth-order valence-corrected chi connectivity index (χ4v) is 2.00. The van der Waals surface area contributed by atoms with Crippen LogP contribution in [0.2, 0.25) is 0 Å². The maximum absolute atomic E-state index is 13.0. The van der Waals surface area contributed by atoms with E-state index in [4.69, 9.17) is 12.2 Å². The van der Waals surface area contributed by atoms with Gasteiger partial charge in [-0.3, -0.25) is 4.79 Å². The van der Waals surface area contributed by atoms with Gasteiger partial charge in [0.05, 0.1) is 11.0 Å². The molecule has 0 spiro atoms. The number of fused-ring (bicyclic) bond motifs is 1. The predicted molar refractivity (Wildman–Crippen MR) is 65.8 cm³/mol. The van der Waals surface area contributed by atoms with Gasteiger partial charge in [0.15, 0.2) is 4.77 Å². The molecule has 0 fully saturated rings. The monoisotopic (exact) mass is 253 g/mol. The highest BCUT2D eigenvalue weighted by atomic mass is 32.1. The van der Waals surface area contributed by atoms with E-state index < -0.39 is 0 Å². The average molecular weight is 253 g/mol. The molecule has 0 atom stereocenters. The van der Waals surface area contributed by atoms with E-state index in [-0.39, 0.29) is 11.7 Å². The van der Waals surface area contributed by atoms with Gasteiger partial charge in [0, 0.05) is 20.0 Å². The van der Waals surface area contributed by atoms with Gasteiger partial charge in [0.1, 0.15) is 5.82 Å². The zero-order chi connectivity index (χ0) is 12.4. The first kappa shape index (κ1) is 11.8. The van der Waals surface area contributed by atoms with Crippen LogP contribution < -0.4 is 5.32 Å². The molecule has 0 bridgehead atoms. The van der Waals surface area contributed by atoms with Crippen LogP contribution in [0.3, 0.4) is 0 Å². The van der Waals surface area contributed by atoms with Crippen molar-refractivity contribution in [3.05, 3.63) is 28.8 Å². The minimum absolute atomic E-state index is 0.0524. The summed E-state index contributed by atoms with van der Waals surface area (Å²) in [6.45, 7) is 0.476. The molecule has 6 heteroatoms. The third kappa shape index (κ3) is 2.36. The number of aromatic nitrogens is 2. The number of hydrogen-bond donors (Lipinski definition) is 2. The van der Waals surface area contributed by atoms with E-state index in [1.165, 1.54) is 12.1 Å². The first-order chi connectivity index (χ1) is 8.11. The van der Waals surface area contributed by atoms with Crippen LogP contribution in [0.1, 0.15) is 6.42 Å². The van der Waals surface area contributed by atoms with Gasteiger partial charge in [-0.15, -0.1) is 0 Å². The van der Waals surface area contributed by atoms with E-state index in [0.29, 0.717) is 23.3 Å². The lowest BCUT2D eigenvalue weighted by Crippen LogP contribution is -2.19. The van der Waals surface area contributed by atoms with Crippen LogP contribution in [0.15, 0.2) is 18.2 Å². The Balaban J connectivity index is 2.36. The number of aromatic amines is 1. The molecule has 1 amide bonds. The number of rotatable bonds is 3. The lowest BCUT2D eigenvalue weighted by Gasteiger charge is -2.03. The number of hydrogen-bond acceptors (Lipinski definition) is 2. The molecule has 1 heterocycles. The summed E-state index contributed by atoms with van der Waals surface area (Å²) in [7, 11) is 1.59. The summed E-state index contributed by atoms with van der Waals surface area (Å²) in [6.07, 6.45) is 0.342. The number of H-pyrrole nitrogens is 1. The van der Waals surface area contributed by atoms with Gasteiger partial charge in [-0.25, -0.2) is 4.39 Å². The van der Waals surface area contributed by atoms with E-state index in [9.17, 15) is 9.18 Å². The molecule has 0 aliphatic rings. The van der Waals surface area contributed by atoms with Crippen LogP contribution in [0.5, 0.6) is 0 Å². The molecule has 0 radical (unpaired) electrons. The third-order valence-electron chi connectivity index (χ3n) is 2.58. The van der Waals surface area contributed by atoms with Gasteiger partial charge < -0.3 is 14.9 Å². The minimum atomic E-state index is -0.313. The first-order valence-corrected chi connectivity index (χ1v) is 5.61. The zero-order valence-electron chi connectivity index (χ0n) is 9.29. The molecule has 90 valence electrons. The van der Waals surface area contributed by atoms with E-state index in [1.54, 1.807) is 17.7 Å². The second-order valence-corrected chi connectivity index (χ2v) is 4.05.